The molecule has 3 aromatic carbocycles. The predicted molar refractivity (Wildman–Crippen MR) is 160 cm³/mol. The molecule has 0 aliphatic rings. The van der Waals surface area contributed by atoms with Crippen LogP contribution in [-0.2, 0) is 16.1 Å². The van der Waals surface area contributed by atoms with Crippen LogP contribution in [0.25, 0.3) is 0 Å². The van der Waals surface area contributed by atoms with Gasteiger partial charge in [0.2, 0.25) is 0 Å². The van der Waals surface area contributed by atoms with Crippen molar-refractivity contribution >= 4 is 17.6 Å². The zero-order valence-corrected chi connectivity index (χ0v) is 24.7. The molecule has 0 aliphatic heterocycles. The second-order valence-electron chi connectivity index (χ2n) is 10.3. The Balaban J connectivity index is 1.57. The molecular weight excluding hydrogens is 502 g/mol. The van der Waals surface area contributed by atoms with E-state index in [9.17, 15) is 9.59 Å². The van der Waals surface area contributed by atoms with Crippen LogP contribution in [0.3, 0.4) is 0 Å². The fourth-order valence-corrected chi connectivity index (χ4v) is 4.91. The standard InChI is InChI=1S/C34H43NO5/c1-7-29(23(3)4)30-20-15-26(24(5)25(30)6)22-40-28-18-16-27(17-19-28)35-34(37)31-12-9-10-13-32(31)39-21-11-14-33(36)38-8-2/h9-10,12-13,15-20,23,29H,7-8,11,14,21-22H2,1-6H3,(H,35,37). The molecule has 3 aromatic rings. The van der Waals surface area contributed by atoms with Gasteiger partial charge in [-0.15, -0.1) is 0 Å². The van der Waals surface area contributed by atoms with Crippen LogP contribution in [0.4, 0.5) is 5.69 Å². The van der Waals surface area contributed by atoms with Gasteiger partial charge in [0.15, 0.2) is 0 Å². The van der Waals surface area contributed by atoms with E-state index in [2.05, 4.69) is 52.1 Å². The molecule has 0 fully saturated rings. The maximum atomic E-state index is 13.0. The number of rotatable bonds is 14. The maximum Gasteiger partial charge on any atom is 0.305 e. The summed E-state index contributed by atoms with van der Waals surface area (Å²) in [5.74, 6) is 1.85. The van der Waals surface area contributed by atoms with Crippen molar-refractivity contribution in [2.24, 2.45) is 5.92 Å². The van der Waals surface area contributed by atoms with Crippen molar-refractivity contribution in [1.82, 2.24) is 0 Å². The lowest BCUT2D eigenvalue weighted by molar-refractivity contribution is -0.143. The quantitative estimate of drug-likeness (QED) is 0.164. The fraction of sp³-hybridized carbons (Fsp3) is 0.412. The summed E-state index contributed by atoms with van der Waals surface area (Å²) in [5.41, 5.74) is 6.32. The van der Waals surface area contributed by atoms with E-state index < -0.39 is 0 Å². The predicted octanol–water partition coefficient (Wildman–Crippen LogP) is 8.01. The van der Waals surface area contributed by atoms with Gasteiger partial charge >= 0.3 is 5.97 Å². The molecular formula is C34H43NO5. The van der Waals surface area contributed by atoms with Gasteiger partial charge in [0.1, 0.15) is 18.1 Å². The van der Waals surface area contributed by atoms with Gasteiger partial charge in [0.05, 0.1) is 18.8 Å². The first-order valence-electron chi connectivity index (χ1n) is 14.3. The molecule has 1 unspecified atom stereocenters. The summed E-state index contributed by atoms with van der Waals surface area (Å²) >= 11 is 0. The molecule has 0 spiro atoms. The molecule has 3 rings (SSSR count). The summed E-state index contributed by atoms with van der Waals surface area (Å²) in [6.07, 6.45) is 1.92. The van der Waals surface area contributed by atoms with E-state index in [4.69, 9.17) is 14.2 Å². The summed E-state index contributed by atoms with van der Waals surface area (Å²) in [6.45, 7) is 14.2. The van der Waals surface area contributed by atoms with E-state index in [0.717, 1.165) is 12.2 Å². The SMILES string of the molecule is CCOC(=O)CCCOc1ccccc1C(=O)Nc1ccc(OCc2ccc(C(CC)C(C)C)c(C)c2C)cc1. The number of hydrogen-bond donors (Lipinski definition) is 1. The van der Waals surface area contributed by atoms with Crippen LogP contribution >= 0.6 is 0 Å². The summed E-state index contributed by atoms with van der Waals surface area (Å²) in [7, 11) is 0. The number of nitrogens with one attached hydrogen (secondary N) is 1. The highest BCUT2D eigenvalue weighted by atomic mass is 16.5. The number of amides is 1. The summed E-state index contributed by atoms with van der Waals surface area (Å²) in [6, 6.07) is 18.9. The molecule has 214 valence electrons. The number of para-hydroxylation sites is 1. The van der Waals surface area contributed by atoms with Crippen molar-refractivity contribution in [2.45, 2.75) is 73.3 Å². The minimum atomic E-state index is -0.271. The van der Waals surface area contributed by atoms with Crippen LogP contribution < -0.4 is 14.8 Å². The second-order valence-corrected chi connectivity index (χ2v) is 10.3. The maximum absolute atomic E-state index is 13.0. The number of anilines is 1. The first kappa shape index (κ1) is 30.7. The van der Waals surface area contributed by atoms with Crippen molar-refractivity contribution in [3.8, 4) is 11.5 Å². The highest BCUT2D eigenvalue weighted by Gasteiger charge is 2.18. The van der Waals surface area contributed by atoms with Gasteiger partial charge in [-0.2, -0.15) is 0 Å². The Bertz CT molecular complexity index is 1270. The lowest BCUT2D eigenvalue weighted by atomic mass is 9.82. The molecule has 40 heavy (non-hydrogen) atoms. The Hall–Kier alpha value is -3.80. The largest absolute Gasteiger partial charge is 0.493 e. The number of hydrogen-bond acceptors (Lipinski definition) is 5. The molecule has 6 heteroatoms. The number of carbonyl (C=O) groups excluding carboxylic acids is 2. The molecule has 1 N–H and O–H groups in total. The average Bonchev–Trinajstić information content (AvgIpc) is 2.94. The minimum absolute atomic E-state index is 0.250. The van der Waals surface area contributed by atoms with Gasteiger partial charge < -0.3 is 19.5 Å². The van der Waals surface area contributed by atoms with Gasteiger partial charge in [-0.3, -0.25) is 9.59 Å². The highest BCUT2D eigenvalue weighted by molar-refractivity contribution is 6.06. The Labute approximate surface area is 239 Å². The normalized spacial score (nSPS) is 11.7. The molecule has 1 atom stereocenters. The number of carbonyl (C=O) groups is 2. The van der Waals surface area contributed by atoms with Crippen molar-refractivity contribution in [3.05, 3.63) is 88.5 Å². The van der Waals surface area contributed by atoms with Crippen LogP contribution in [0.5, 0.6) is 11.5 Å². The monoisotopic (exact) mass is 545 g/mol. The molecule has 6 nitrogen and oxygen atoms in total. The van der Waals surface area contributed by atoms with Crippen LogP contribution in [0.1, 0.15) is 85.5 Å². The number of ether oxygens (including phenoxy) is 3. The lowest BCUT2D eigenvalue weighted by Crippen LogP contribution is -2.14. The van der Waals surface area contributed by atoms with E-state index in [-0.39, 0.29) is 18.3 Å². The van der Waals surface area contributed by atoms with Crippen LogP contribution in [-0.4, -0.2) is 25.1 Å². The highest BCUT2D eigenvalue weighted by Crippen LogP contribution is 2.32. The van der Waals surface area contributed by atoms with Gasteiger partial charge in [-0.25, -0.2) is 0 Å². The van der Waals surface area contributed by atoms with Gasteiger partial charge in [0.25, 0.3) is 5.91 Å². The number of benzene rings is 3. The lowest BCUT2D eigenvalue weighted by Gasteiger charge is -2.24. The smallest absolute Gasteiger partial charge is 0.305 e. The third-order valence-electron chi connectivity index (χ3n) is 7.31. The third kappa shape index (κ3) is 8.35. The summed E-state index contributed by atoms with van der Waals surface area (Å²) < 4.78 is 16.8. The molecule has 0 saturated carbocycles. The van der Waals surface area contributed by atoms with E-state index >= 15 is 0 Å². The van der Waals surface area contributed by atoms with E-state index in [0.29, 0.717) is 55.1 Å². The van der Waals surface area contributed by atoms with Gasteiger partial charge in [-0.05, 0) is 104 Å². The first-order chi connectivity index (χ1) is 19.2. The van der Waals surface area contributed by atoms with Gasteiger partial charge in [0, 0.05) is 12.1 Å². The van der Waals surface area contributed by atoms with Crippen molar-refractivity contribution in [3.63, 3.8) is 0 Å². The zero-order valence-electron chi connectivity index (χ0n) is 24.7. The molecule has 1 amide bonds. The van der Waals surface area contributed by atoms with Crippen LogP contribution in [0.2, 0.25) is 0 Å². The molecule has 0 saturated heterocycles. The first-order valence-corrected chi connectivity index (χ1v) is 14.3. The molecule has 0 bridgehead atoms. The van der Waals surface area contributed by atoms with E-state index in [1.807, 2.05) is 30.3 Å². The Morgan fingerprint density at radius 2 is 1.60 bits per heavy atom. The molecule has 0 radical (unpaired) electrons. The topological polar surface area (TPSA) is 73.9 Å². The second kappa shape index (κ2) is 15.1. The van der Waals surface area contributed by atoms with Crippen molar-refractivity contribution < 1.29 is 23.8 Å². The van der Waals surface area contributed by atoms with Crippen LogP contribution in [0.15, 0.2) is 60.7 Å². The Kier molecular flexibility index (Phi) is 11.6. The molecule has 0 aromatic heterocycles. The summed E-state index contributed by atoms with van der Waals surface area (Å²) in [5, 5.41) is 2.92. The van der Waals surface area contributed by atoms with E-state index in [1.54, 1.807) is 25.1 Å². The third-order valence-corrected chi connectivity index (χ3v) is 7.31. The van der Waals surface area contributed by atoms with Crippen LogP contribution in [0, 0.1) is 19.8 Å². The van der Waals surface area contributed by atoms with Gasteiger partial charge in [-0.1, -0.05) is 45.0 Å². The summed E-state index contributed by atoms with van der Waals surface area (Å²) in [4.78, 5) is 24.5. The fourth-order valence-electron chi connectivity index (χ4n) is 4.91. The average molecular weight is 546 g/mol. The minimum Gasteiger partial charge on any atom is -0.493 e. The Morgan fingerprint density at radius 3 is 2.27 bits per heavy atom. The van der Waals surface area contributed by atoms with Crippen molar-refractivity contribution in [2.75, 3.05) is 18.5 Å². The zero-order chi connectivity index (χ0) is 29.1. The Morgan fingerprint density at radius 1 is 0.875 bits per heavy atom. The van der Waals surface area contributed by atoms with E-state index in [1.165, 1.54) is 22.3 Å². The number of esters is 1. The molecule has 0 heterocycles. The molecule has 0 aliphatic carbocycles. The van der Waals surface area contributed by atoms with Crippen molar-refractivity contribution in [1.29, 1.82) is 0 Å².